The normalized spacial score (nSPS) is 15.6. The summed E-state index contributed by atoms with van der Waals surface area (Å²) in [5.74, 6) is 1.05. The van der Waals surface area contributed by atoms with Gasteiger partial charge in [-0.2, -0.15) is 0 Å². The summed E-state index contributed by atoms with van der Waals surface area (Å²) in [5, 5.41) is 3.41. The highest BCUT2D eigenvalue weighted by Crippen LogP contribution is 2.33. The highest BCUT2D eigenvalue weighted by molar-refractivity contribution is 8.16. The molecule has 1 amide bonds. The Kier molecular flexibility index (Phi) is 7.62. The zero-order valence-corrected chi connectivity index (χ0v) is 22.6. The van der Waals surface area contributed by atoms with Crippen LogP contribution in [0.5, 0.6) is 23.0 Å². The Bertz CT molecular complexity index is 1470. The molecule has 0 bridgehead atoms. The van der Waals surface area contributed by atoms with E-state index >= 15 is 0 Å². The summed E-state index contributed by atoms with van der Waals surface area (Å²) >= 11 is 1.39. The fourth-order valence-corrected chi connectivity index (χ4v) is 5.43. The molecule has 0 radical (unpaired) electrons. The van der Waals surface area contributed by atoms with Crippen LogP contribution in [0.2, 0.25) is 0 Å². The first-order chi connectivity index (χ1) is 17.4. The van der Waals surface area contributed by atoms with Gasteiger partial charge >= 0.3 is 0 Å². The summed E-state index contributed by atoms with van der Waals surface area (Å²) in [5.41, 5.74) is 0.390. The van der Waals surface area contributed by atoms with Gasteiger partial charge in [-0.25, -0.2) is 16.8 Å². The Morgan fingerprint density at radius 3 is 1.65 bits per heavy atom. The Morgan fingerprint density at radius 2 is 1.27 bits per heavy atom. The summed E-state index contributed by atoms with van der Waals surface area (Å²) in [6.45, 7) is 2.55. The molecule has 1 atom stereocenters. The third kappa shape index (κ3) is 7.12. The highest BCUT2D eigenvalue weighted by Gasteiger charge is 2.22. The van der Waals surface area contributed by atoms with E-state index in [2.05, 4.69) is 10.3 Å². The minimum Gasteiger partial charge on any atom is -0.457 e. The van der Waals surface area contributed by atoms with Crippen molar-refractivity contribution in [3.05, 3.63) is 66.7 Å². The Balaban J connectivity index is 1.61. The second-order valence-corrected chi connectivity index (χ2v) is 13.9. The first kappa shape index (κ1) is 26.7. The van der Waals surface area contributed by atoms with Crippen LogP contribution in [0, 0.1) is 0 Å². The third-order valence-electron chi connectivity index (χ3n) is 5.11. The molecule has 0 saturated carbocycles. The molecule has 1 heterocycles. The first-order valence-electron chi connectivity index (χ1n) is 11.0. The molecule has 3 aromatic rings. The molecule has 1 unspecified atom stereocenters. The van der Waals surface area contributed by atoms with E-state index in [4.69, 9.17) is 9.47 Å². The number of carbonyl (C=O) groups is 1. The quantitative estimate of drug-likeness (QED) is 0.425. The topological polar surface area (TPSA) is 128 Å². The van der Waals surface area contributed by atoms with Crippen LogP contribution in [0.4, 0.5) is 5.69 Å². The molecular weight excluding hydrogens is 536 g/mol. The molecule has 3 aromatic carbocycles. The molecule has 9 nitrogen and oxygen atoms in total. The molecule has 0 saturated heterocycles. The van der Waals surface area contributed by atoms with E-state index in [1.54, 1.807) is 18.2 Å². The van der Waals surface area contributed by atoms with Crippen molar-refractivity contribution in [2.75, 3.05) is 24.4 Å². The lowest BCUT2D eigenvalue weighted by molar-refractivity contribution is -0.110. The fourth-order valence-electron chi connectivity index (χ4n) is 3.33. The second-order valence-electron chi connectivity index (χ2n) is 8.41. The fraction of sp³-hybridized carbons (Fsp3) is 0.200. The van der Waals surface area contributed by atoms with Gasteiger partial charge in [0.2, 0.25) is 0 Å². The van der Waals surface area contributed by atoms with Gasteiger partial charge in [0, 0.05) is 41.6 Å². The van der Waals surface area contributed by atoms with Crippen LogP contribution in [-0.4, -0.2) is 52.1 Å². The summed E-state index contributed by atoms with van der Waals surface area (Å²) in [4.78, 5) is 17.3. The molecule has 194 valence electrons. The predicted molar refractivity (Wildman–Crippen MR) is 144 cm³/mol. The maximum atomic E-state index is 12.7. The predicted octanol–water partition coefficient (Wildman–Crippen LogP) is 4.55. The molecule has 0 aliphatic carbocycles. The second kappa shape index (κ2) is 10.6. The smallest absolute Gasteiger partial charge is 0.280 e. The van der Waals surface area contributed by atoms with Crippen molar-refractivity contribution >= 4 is 48.1 Å². The molecule has 0 aromatic heterocycles. The van der Waals surface area contributed by atoms with Crippen LogP contribution in [-0.2, 0) is 24.5 Å². The Labute approximate surface area is 219 Å². The average molecular weight is 561 g/mol. The number of thioether (sulfide) groups is 1. The monoisotopic (exact) mass is 560 g/mol. The molecule has 1 N–H and O–H groups in total. The number of amides is 1. The van der Waals surface area contributed by atoms with Gasteiger partial charge in [0.25, 0.3) is 5.91 Å². The van der Waals surface area contributed by atoms with Crippen LogP contribution in [0.3, 0.4) is 0 Å². The van der Waals surface area contributed by atoms with Gasteiger partial charge in [-0.3, -0.25) is 9.79 Å². The zero-order chi connectivity index (χ0) is 26.8. The van der Waals surface area contributed by atoms with Crippen LogP contribution < -0.4 is 14.8 Å². The number of hydrogen-bond donors (Lipinski definition) is 1. The number of sulfone groups is 2. The molecule has 1 aliphatic rings. The number of ether oxygens (including phenoxy) is 2. The summed E-state index contributed by atoms with van der Waals surface area (Å²) in [6.07, 6.45) is 2.24. The van der Waals surface area contributed by atoms with E-state index in [0.29, 0.717) is 40.3 Å². The minimum absolute atomic E-state index is 0.159. The van der Waals surface area contributed by atoms with Crippen molar-refractivity contribution in [3.8, 4) is 23.0 Å². The number of aliphatic imine (C=N–C) groups is 1. The number of benzene rings is 3. The van der Waals surface area contributed by atoms with Gasteiger partial charge in [-0.15, -0.1) is 0 Å². The number of hydrogen-bond acceptors (Lipinski definition) is 9. The molecule has 4 rings (SSSR count). The summed E-state index contributed by atoms with van der Waals surface area (Å²) < 4.78 is 58.7. The lowest BCUT2D eigenvalue weighted by atomic mass is 10.2. The SMILES string of the molecule is CC1CN=C(C(=O)Nc2cc(Oc3ccc(S(C)(=O)=O)cc3)cc(Oc3ccc(S(C)(=O)=O)cc3)c2)S1. The number of nitrogens with zero attached hydrogens (tertiary/aromatic N) is 1. The van der Waals surface area contributed by atoms with E-state index in [1.807, 2.05) is 6.92 Å². The van der Waals surface area contributed by atoms with Crippen molar-refractivity contribution in [2.24, 2.45) is 4.99 Å². The van der Waals surface area contributed by atoms with E-state index < -0.39 is 19.7 Å². The summed E-state index contributed by atoms with van der Waals surface area (Å²) in [6, 6.07) is 16.7. The average Bonchev–Trinajstić information content (AvgIpc) is 3.25. The number of anilines is 1. The number of rotatable bonds is 8. The van der Waals surface area contributed by atoms with Gasteiger partial charge in [-0.1, -0.05) is 18.7 Å². The van der Waals surface area contributed by atoms with Crippen molar-refractivity contribution in [1.29, 1.82) is 0 Å². The van der Waals surface area contributed by atoms with E-state index in [1.165, 1.54) is 60.3 Å². The number of nitrogens with one attached hydrogen (secondary N) is 1. The molecule has 0 spiro atoms. The van der Waals surface area contributed by atoms with Crippen LogP contribution in [0.15, 0.2) is 81.5 Å². The third-order valence-corrected chi connectivity index (χ3v) is 8.46. The molecule has 12 heteroatoms. The van der Waals surface area contributed by atoms with Crippen LogP contribution in [0.25, 0.3) is 0 Å². The first-order valence-corrected chi connectivity index (χ1v) is 15.7. The van der Waals surface area contributed by atoms with Gasteiger partial charge in [0.15, 0.2) is 24.7 Å². The number of carbonyl (C=O) groups excluding carboxylic acids is 1. The summed E-state index contributed by atoms with van der Waals surface area (Å²) in [7, 11) is -6.70. The standard InChI is InChI=1S/C25H24N2O7S3/c1-16-15-26-25(35-16)24(28)27-17-12-20(33-18-4-8-22(9-5-18)36(2,29)30)14-21(13-17)34-19-6-10-23(11-7-19)37(3,31)32/h4-14,16H,15H2,1-3H3,(H,27,28). The van der Waals surface area contributed by atoms with Crippen LogP contribution >= 0.6 is 11.8 Å². The van der Waals surface area contributed by atoms with Crippen molar-refractivity contribution in [1.82, 2.24) is 0 Å². The van der Waals surface area contributed by atoms with Gasteiger partial charge in [0.1, 0.15) is 23.0 Å². The van der Waals surface area contributed by atoms with Gasteiger partial charge in [0.05, 0.1) is 16.3 Å². The maximum Gasteiger partial charge on any atom is 0.280 e. The zero-order valence-electron chi connectivity index (χ0n) is 20.2. The lowest BCUT2D eigenvalue weighted by Crippen LogP contribution is -2.19. The molecule has 0 fully saturated rings. The molecular formula is C25H24N2O7S3. The van der Waals surface area contributed by atoms with Crippen molar-refractivity contribution in [2.45, 2.75) is 22.0 Å². The van der Waals surface area contributed by atoms with Crippen molar-refractivity contribution < 1.29 is 31.1 Å². The van der Waals surface area contributed by atoms with Crippen molar-refractivity contribution in [3.63, 3.8) is 0 Å². The van der Waals surface area contributed by atoms with Crippen LogP contribution in [0.1, 0.15) is 6.92 Å². The van der Waals surface area contributed by atoms with E-state index in [-0.39, 0.29) is 20.9 Å². The molecule has 37 heavy (non-hydrogen) atoms. The molecule has 1 aliphatic heterocycles. The van der Waals surface area contributed by atoms with E-state index in [0.717, 1.165) is 12.5 Å². The maximum absolute atomic E-state index is 12.7. The largest absolute Gasteiger partial charge is 0.457 e. The van der Waals surface area contributed by atoms with E-state index in [9.17, 15) is 21.6 Å². The lowest BCUT2D eigenvalue weighted by Gasteiger charge is -2.13. The minimum atomic E-state index is -3.35. The highest BCUT2D eigenvalue weighted by atomic mass is 32.2. The Morgan fingerprint density at radius 1 is 0.811 bits per heavy atom. The Hall–Kier alpha value is -3.35. The van der Waals surface area contributed by atoms with Gasteiger partial charge < -0.3 is 14.8 Å². The van der Waals surface area contributed by atoms with Gasteiger partial charge in [-0.05, 0) is 48.5 Å².